The van der Waals surface area contributed by atoms with Crippen molar-refractivity contribution in [1.82, 2.24) is 4.31 Å². The van der Waals surface area contributed by atoms with Gasteiger partial charge in [-0.1, -0.05) is 19.1 Å². The second kappa shape index (κ2) is 4.55. The van der Waals surface area contributed by atoms with Crippen LogP contribution in [0.4, 0.5) is 0 Å². The minimum Gasteiger partial charge on any atom is -0.392 e. The molecule has 0 saturated heterocycles. The summed E-state index contributed by atoms with van der Waals surface area (Å²) in [5.74, 6) is 0.615. The molecule has 0 atom stereocenters. The van der Waals surface area contributed by atoms with E-state index in [-0.39, 0.29) is 17.3 Å². The predicted molar refractivity (Wildman–Crippen MR) is 60.5 cm³/mol. The Labute approximate surface area is 90.5 Å². The lowest BCUT2D eigenvalue weighted by molar-refractivity contribution is 0.465. The van der Waals surface area contributed by atoms with Crippen LogP contribution in [-0.2, 0) is 10.0 Å². The molecule has 82 valence electrons. The summed E-state index contributed by atoms with van der Waals surface area (Å²) in [5.41, 5.74) is 5.34. The molecule has 1 saturated carbocycles. The fourth-order valence-corrected chi connectivity index (χ4v) is 3.38. The quantitative estimate of drug-likeness (QED) is 0.675. The van der Waals surface area contributed by atoms with Crippen LogP contribution >= 0.6 is 12.2 Å². The maximum atomic E-state index is 11.8. The third kappa shape index (κ3) is 3.51. The first kappa shape index (κ1) is 11.9. The number of sulfonamides is 1. The fourth-order valence-electron chi connectivity index (χ4n) is 1.27. The minimum atomic E-state index is -3.14. The average molecular weight is 236 g/mol. The van der Waals surface area contributed by atoms with E-state index in [2.05, 4.69) is 0 Å². The molecule has 0 aromatic rings. The van der Waals surface area contributed by atoms with Gasteiger partial charge in [0.15, 0.2) is 0 Å². The number of rotatable bonds is 6. The number of likely N-dealkylation sites (N-methyl/N-ethyl adjacent to an activating group) is 1. The largest absolute Gasteiger partial charge is 0.392 e. The first-order chi connectivity index (χ1) is 6.45. The molecule has 4 nitrogen and oxygen atoms in total. The van der Waals surface area contributed by atoms with E-state index in [0.29, 0.717) is 12.5 Å². The summed E-state index contributed by atoms with van der Waals surface area (Å²) in [5, 5.41) is 0. The second-order valence-electron chi connectivity index (χ2n) is 3.61. The monoisotopic (exact) mass is 236 g/mol. The van der Waals surface area contributed by atoms with E-state index in [4.69, 9.17) is 18.0 Å². The zero-order valence-corrected chi connectivity index (χ0v) is 9.90. The molecule has 0 unspecified atom stereocenters. The second-order valence-corrected chi connectivity index (χ2v) is 6.15. The Bertz CT molecular complexity index is 309. The van der Waals surface area contributed by atoms with Gasteiger partial charge >= 0.3 is 0 Å². The highest BCUT2D eigenvalue weighted by atomic mass is 32.2. The molecular formula is C8H16N2O2S2. The number of hydrogen-bond donors (Lipinski definition) is 1. The van der Waals surface area contributed by atoms with E-state index in [1.54, 1.807) is 6.92 Å². The topological polar surface area (TPSA) is 63.4 Å². The lowest BCUT2D eigenvalue weighted by atomic mass is 10.5. The lowest BCUT2D eigenvalue weighted by Crippen LogP contribution is -2.39. The Morgan fingerprint density at radius 2 is 2.14 bits per heavy atom. The first-order valence-electron chi connectivity index (χ1n) is 4.72. The molecule has 2 N–H and O–H groups in total. The van der Waals surface area contributed by atoms with Crippen LogP contribution in [0.5, 0.6) is 0 Å². The molecule has 0 aromatic carbocycles. The van der Waals surface area contributed by atoms with Gasteiger partial charge in [-0.15, -0.1) is 0 Å². The zero-order chi connectivity index (χ0) is 10.8. The van der Waals surface area contributed by atoms with Crippen LogP contribution in [0.2, 0.25) is 0 Å². The van der Waals surface area contributed by atoms with Gasteiger partial charge in [-0.2, -0.15) is 4.31 Å². The van der Waals surface area contributed by atoms with Crippen molar-refractivity contribution in [1.29, 1.82) is 0 Å². The van der Waals surface area contributed by atoms with Gasteiger partial charge in [-0.3, -0.25) is 0 Å². The molecule has 0 radical (unpaired) electrons. The van der Waals surface area contributed by atoms with Crippen LogP contribution in [-0.4, -0.2) is 36.6 Å². The summed E-state index contributed by atoms with van der Waals surface area (Å²) in [6, 6.07) is 0. The van der Waals surface area contributed by atoms with Gasteiger partial charge in [-0.25, -0.2) is 8.42 Å². The molecule has 0 aromatic heterocycles. The van der Waals surface area contributed by atoms with Gasteiger partial charge in [0.2, 0.25) is 10.0 Å². The Kier molecular flexibility index (Phi) is 3.86. The summed E-state index contributed by atoms with van der Waals surface area (Å²) < 4.78 is 24.9. The van der Waals surface area contributed by atoms with Crippen molar-refractivity contribution in [3.63, 3.8) is 0 Å². The van der Waals surface area contributed by atoms with Gasteiger partial charge < -0.3 is 5.73 Å². The van der Waals surface area contributed by atoms with Crippen molar-refractivity contribution in [2.75, 3.05) is 18.8 Å². The third-order valence-corrected chi connectivity index (χ3v) is 4.42. The highest BCUT2D eigenvalue weighted by molar-refractivity contribution is 7.89. The van der Waals surface area contributed by atoms with Crippen LogP contribution in [0.25, 0.3) is 0 Å². The van der Waals surface area contributed by atoms with Gasteiger partial charge in [0.25, 0.3) is 0 Å². The molecule has 0 spiro atoms. The smallest absolute Gasteiger partial charge is 0.214 e. The summed E-state index contributed by atoms with van der Waals surface area (Å²) in [4.78, 5) is 0.228. The standard InChI is InChI=1S/C8H16N2O2S2/c1-2-10(5-8(9)13)14(11,12)6-7-3-4-7/h7H,2-6H2,1H3,(H2,9,13). The molecule has 14 heavy (non-hydrogen) atoms. The van der Waals surface area contributed by atoms with Crippen LogP contribution in [0.15, 0.2) is 0 Å². The van der Waals surface area contributed by atoms with Crippen molar-refractivity contribution < 1.29 is 8.42 Å². The molecular weight excluding hydrogens is 220 g/mol. The summed E-state index contributed by atoms with van der Waals surface area (Å²) >= 11 is 4.71. The molecule has 1 aliphatic carbocycles. The van der Waals surface area contributed by atoms with Gasteiger partial charge in [0.1, 0.15) is 0 Å². The SMILES string of the molecule is CCN(CC(N)=S)S(=O)(=O)CC1CC1. The predicted octanol–water partition coefficient (Wildman–Crippen LogP) is 0.334. The lowest BCUT2D eigenvalue weighted by Gasteiger charge is -2.19. The summed E-state index contributed by atoms with van der Waals surface area (Å²) in [6.45, 7) is 2.40. The summed E-state index contributed by atoms with van der Waals surface area (Å²) in [7, 11) is -3.14. The Morgan fingerprint density at radius 1 is 1.57 bits per heavy atom. The van der Waals surface area contributed by atoms with E-state index in [1.807, 2.05) is 0 Å². The third-order valence-electron chi connectivity index (χ3n) is 2.22. The summed E-state index contributed by atoms with van der Waals surface area (Å²) in [6.07, 6.45) is 2.06. The van der Waals surface area contributed by atoms with Crippen molar-refractivity contribution in [2.45, 2.75) is 19.8 Å². The zero-order valence-electron chi connectivity index (χ0n) is 8.27. The molecule has 0 aliphatic heterocycles. The molecule has 0 amide bonds. The van der Waals surface area contributed by atoms with Gasteiger partial charge in [0, 0.05) is 6.54 Å². The van der Waals surface area contributed by atoms with E-state index in [0.717, 1.165) is 12.8 Å². The molecule has 6 heteroatoms. The van der Waals surface area contributed by atoms with E-state index in [9.17, 15) is 8.42 Å². The maximum Gasteiger partial charge on any atom is 0.214 e. The highest BCUT2D eigenvalue weighted by Crippen LogP contribution is 2.31. The molecule has 1 aliphatic rings. The van der Waals surface area contributed by atoms with Crippen molar-refractivity contribution in [2.24, 2.45) is 11.7 Å². The first-order valence-corrected chi connectivity index (χ1v) is 6.73. The minimum absolute atomic E-state index is 0.168. The van der Waals surface area contributed by atoms with Crippen molar-refractivity contribution in [3.8, 4) is 0 Å². The Hall–Kier alpha value is -0.200. The normalized spacial score (nSPS) is 17.3. The van der Waals surface area contributed by atoms with Crippen LogP contribution < -0.4 is 5.73 Å². The Morgan fingerprint density at radius 3 is 2.50 bits per heavy atom. The highest BCUT2D eigenvalue weighted by Gasteiger charge is 2.31. The average Bonchev–Trinajstić information content (AvgIpc) is 2.82. The molecule has 1 fully saturated rings. The van der Waals surface area contributed by atoms with E-state index in [1.165, 1.54) is 4.31 Å². The molecule has 0 bridgehead atoms. The number of nitrogens with zero attached hydrogens (tertiary/aromatic N) is 1. The fraction of sp³-hybridized carbons (Fsp3) is 0.875. The molecule has 1 rings (SSSR count). The van der Waals surface area contributed by atoms with Crippen LogP contribution in [0.1, 0.15) is 19.8 Å². The van der Waals surface area contributed by atoms with Gasteiger partial charge in [0.05, 0.1) is 17.3 Å². The Balaban J connectivity index is 2.60. The van der Waals surface area contributed by atoms with E-state index < -0.39 is 10.0 Å². The number of thiocarbonyl (C=S) groups is 1. The van der Waals surface area contributed by atoms with Crippen molar-refractivity contribution in [3.05, 3.63) is 0 Å². The molecule has 0 heterocycles. The van der Waals surface area contributed by atoms with E-state index >= 15 is 0 Å². The van der Waals surface area contributed by atoms with Crippen LogP contribution in [0.3, 0.4) is 0 Å². The van der Waals surface area contributed by atoms with Gasteiger partial charge in [-0.05, 0) is 18.8 Å². The van der Waals surface area contributed by atoms with Crippen LogP contribution in [0, 0.1) is 5.92 Å². The number of nitrogens with two attached hydrogens (primary N) is 1. The number of hydrogen-bond acceptors (Lipinski definition) is 3. The maximum absolute atomic E-state index is 11.8. The van der Waals surface area contributed by atoms with Crippen molar-refractivity contribution >= 4 is 27.2 Å².